The topological polar surface area (TPSA) is 39.4 Å². The number of carbonyl (C=O) groups is 1. The van der Waals surface area contributed by atoms with E-state index in [0.29, 0.717) is 17.0 Å². The van der Waals surface area contributed by atoms with E-state index in [1.54, 1.807) is 19.1 Å². The summed E-state index contributed by atoms with van der Waals surface area (Å²) in [7, 11) is 0. The van der Waals surface area contributed by atoms with Gasteiger partial charge in [-0.05, 0) is 35.0 Å². The summed E-state index contributed by atoms with van der Waals surface area (Å²) < 4.78 is 10.5. The van der Waals surface area contributed by atoms with Crippen LogP contribution in [0.5, 0.6) is 0 Å². The molecule has 1 aromatic heterocycles. The van der Waals surface area contributed by atoms with E-state index in [1.165, 1.54) is 0 Å². The minimum Gasteiger partial charge on any atom is -0.466 e. The summed E-state index contributed by atoms with van der Waals surface area (Å²) in [5.74, 6) is 0.347. The first-order valence-electron chi connectivity index (χ1n) is 3.62. The lowest BCUT2D eigenvalue weighted by Crippen LogP contribution is -2.06. The van der Waals surface area contributed by atoms with Crippen LogP contribution in [0, 0.1) is 0 Å². The molecule has 12 heavy (non-hydrogen) atoms. The Bertz CT molecular complexity index is 267. The monoisotopic (exact) mass is 232 g/mol. The molecule has 1 rings (SSSR count). The molecule has 0 saturated heterocycles. The van der Waals surface area contributed by atoms with E-state index >= 15 is 0 Å². The van der Waals surface area contributed by atoms with Gasteiger partial charge in [-0.25, -0.2) is 0 Å². The molecular formula is C8H9BrO3. The molecule has 0 aliphatic carbocycles. The van der Waals surface area contributed by atoms with Crippen molar-refractivity contribution in [2.24, 2.45) is 0 Å². The van der Waals surface area contributed by atoms with E-state index in [0.717, 1.165) is 0 Å². The predicted molar refractivity (Wildman–Crippen MR) is 46.7 cm³/mol. The summed E-state index contributed by atoms with van der Waals surface area (Å²) in [6, 6.07) is 3.48. The third-order valence-corrected chi connectivity index (χ3v) is 1.68. The second-order valence-corrected chi connectivity index (χ2v) is 2.97. The molecule has 0 radical (unpaired) electrons. The van der Waals surface area contributed by atoms with Gasteiger partial charge in [-0.15, -0.1) is 0 Å². The van der Waals surface area contributed by atoms with E-state index in [2.05, 4.69) is 15.9 Å². The van der Waals surface area contributed by atoms with Crippen LogP contribution < -0.4 is 0 Å². The SMILES string of the molecule is CCOC(=O)Cc1ccc(Br)o1. The molecule has 0 unspecified atom stereocenters. The average molecular weight is 233 g/mol. The van der Waals surface area contributed by atoms with Crippen molar-refractivity contribution in [1.29, 1.82) is 0 Å². The maximum atomic E-state index is 10.9. The quantitative estimate of drug-likeness (QED) is 0.751. The van der Waals surface area contributed by atoms with Gasteiger partial charge in [0.1, 0.15) is 12.2 Å². The first-order chi connectivity index (χ1) is 5.72. The van der Waals surface area contributed by atoms with Crippen molar-refractivity contribution in [3.63, 3.8) is 0 Å². The van der Waals surface area contributed by atoms with Crippen LogP contribution in [-0.2, 0) is 16.0 Å². The average Bonchev–Trinajstić information content (AvgIpc) is 2.36. The van der Waals surface area contributed by atoms with Gasteiger partial charge in [0.25, 0.3) is 0 Å². The molecule has 0 fully saturated rings. The molecule has 0 amide bonds. The first-order valence-corrected chi connectivity index (χ1v) is 4.41. The van der Waals surface area contributed by atoms with Crippen molar-refractivity contribution >= 4 is 21.9 Å². The van der Waals surface area contributed by atoms with Gasteiger partial charge in [-0.3, -0.25) is 4.79 Å². The van der Waals surface area contributed by atoms with Gasteiger partial charge < -0.3 is 9.15 Å². The van der Waals surface area contributed by atoms with Crippen LogP contribution in [0.4, 0.5) is 0 Å². The second kappa shape index (κ2) is 4.30. The van der Waals surface area contributed by atoms with Crippen LogP contribution in [0.1, 0.15) is 12.7 Å². The Morgan fingerprint density at radius 2 is 2.42 bits per heavy atom. The van der Waals surface area contributed by atoms with E-state index in [1.807, 2.05) is 0 Å². The minimum absolute atomic E-state index is 0.194. The molecule has 0 aromatic carbocycles. The Hall–Kier alpha value is -0.770. The molecule has 0 N–H and O–H groups in total. The summed E-state index contributed by atoms with van der Waals surface area (Å²) >= 11 is 3.14. The van der Waals surface area contributed by atoms with Crippen LogP contribution in [-0.4, -0.2) is 12.6 Å². The third kappa shape index (κ3) is 2.70. The normalized spacial score (nSPS) is 9.83. The number of rotatable bonds is 3. The van der Waals surface area contributed by atoms with Crippen LogP contribution >= 0.6 is 15.9 Å². The highest BCUT2D eigenvalue weighted by Crippen LogP contribution is 2.14. The van der Waals surface area contributed by atoms with E-state index < -0.39 is 0 Å². The van der Waals surface area contributed by atoms with E-state index in [4.69, 9.17) is 9.15 Å². The first kappa shape index (κ1) is 9.32. The van der Waals surface area contributed by atoms with E-state index in [-0.39, 0.29) is 12.4 Å². The van der Waals surface area contributed by atoms with Crippen molar-refractivity contribution in [3.8, 4) is 0 Å². The molecule has 0 spiro atoms. The fourth-order valence-corrected chi connectivity index (χ4v) is 1.14. The Morgan fingerprint density at radius 1 is 1.67 bits per heavy atom. The third-order valence-electron chi connectivity index (χ3n) is 1.25. The van der Waals surface area contributed by atoms with Gasteiger partial charge >= 0.3 is 5.97 Å². The fraction of sp³-hybridized carbons (Fsp3) is 0.375. The molecule has 3 nitrogen and oxygen atoms in total. The van der Waals surface area contributed by atoms with Gasteiger partial charge in [-0.1, -0.05) is 0 Å². The molecule has 1 heterocycles. The molecule has 0 atom stereocenters. The summed E-state index contributed by atoms with van der Waals surface area (Å²) in [6.07, 6.45) is 0.194. The summed E-state index contributed by atoms with van der Waals surface area (Å²) in [6.45, 7) is 2.18. The highest BCUT2D eigenvalue weighted by Gasteiger charge is 2.06. The lowest BCUT2D eigenvalue weighted by Gasteiger charge is -1.97. The zero-order valence-electron chi connectivity index (χ0n) is 6.67. The lowest BCUT2D eigenvalue weighted by molar-refractivity contribution is -0.142. The molecule has 1 aromatic rings. The smallest absolute Gasteiger partial charge is 0.313 e. The van der Waals surface area contributed by atoms with E-state index in [9.17, 15) is 4.79 Å². The highest BCUT2D eigenvalue weighted by molar-refractivity contribution is 9.10. The molecule has 66 valence electrons. The largest absolute Gasteiger partial charge is 0.466 e. The zero-order valence-corrected chi connectivity index (χ0v) is 8.26. The van der Waals surface area contributed by atoms with Crippen molar-refractivity contribution in [1.82, 2.24) is 0 Å². The summed E-state index contributed by atoms with van der Waals surface area (Å²) in [5.41, 5.74) is 0. The number of furan rings is 1. The Balaban J connectivity index is 2.46. The summed E-state index contributed by atoms with van der Waals surface area (Å²) in [5, 5.41) is 0. The number of esters is 1. The lowest BCUT2D eigenvalue weighted by atomic mass is 10.3. The van der Waals surface area contributed by atoms with Gasteiger partial charge in [0.15, 0.2) is 4.67 Å². The highest BCUT2D eigenvalue weighted by atomic mass is 79.9. The molecule has 0 aliphatic rings. The van der Waals surface area contributed by atoms with Crippen LogP contribution in [0.2, 0.25) is 0 Å². The van der Waals surface area contributed by atoms with Gasteiger partial charge in [0.05, 0.1) is 6.61 Å². The maximum Gasteiger partial charge on any atom is 0.313 e. The predicted octanol–water partition coefficient (Wildman–Crippen LogP) is 2.15. The van der Waals surface area contributed by atoms with Crippen LogP contribution in [0.15, 0.2) is 21.2 Å². The minimum atomic E-state index is -0.264. The van der Waals surface area contributed by atoms with Crippen molar-refractivity contribution in [2.45, 2.75) is 13.3 Å². The second-order valence-electron chi connectivity index (χ2n) is 2.19. The Morgan fingerprint density at radius 3 is 2.92 bits per heavy atom. The fourth-order valence-electron chi connectivity index (χ4n) is 0.801. The standard InChI is InChI=1S/C8H9BrO3/c1-2-11-8(10)5-6-3-4-7(9)12-6/h3-4H,2,5H2,1H3. The Kier molecular flexibility index (Phi) is 3.34. The van der Waals surface area contributed by atoms with Crippen LogP contribution in [0.3, 0.4) is 0 Å². The molecule has 0 aliphatic heterocycles. The number of halogens is 1. The van der Waals surface area contributed by atoms with Gasteiger partial charge in [-0.2, -0.15) is 0 Å². The van der Waals surface area contributed by atoms with Crippen LogP contribution in [0.25, 0.3) is 0 Å². The molecule has 4 heteroatoms. The maximum absolute atomic E-state index is 10.9. The number of carbonyl (C=O) groups excluding carboxylic acids is 1. The van der Waals surface area contributed by atoms with Crippen molar-refractivity contribution in [3.05, 3.63) is 22.6 Å². The molecular weight excluding hydrogens is 224 g/mol. The van der Waals surface area contributed by atoms with Gasteiger partial charge in [0.2, 0.25) is 0 Å². The molecule has 0 saturated carbocycles. The van der Waals surface area contributed by atoms with Gasteiger partial charge in [0, 0.05) is 0 Å². The number of hydrogen-bond acceptors (Lipinski definition) is 3. The number of ether oxygens (including phenoxy) is 1. The summed E-state index contributed by atoms with van der Waals surface area (Å²) in [4.78, 5) is 10.9. The van der Waals surface area contributed by atoms with Crippen molar-refractivity contribution < 1.29 is 13.9 Å². The zero-order chi connectivity index (χ0) is 8.97. The Labute approximate surface area is 78.8 Å². The number of hydrogen-bond donors (Lipinski definition) is 0. The van der Waals surface area contributed by atoms with Crippen molar-refractivity contribution in [2.75, 3.05) is 6.61 Å². The molecule has 0 bridgehead atoms.